The number of carboxylic acid groups (broad SMARTS) is 1. The average molecular weight is 364 g/mol. The maximum absolute atomic E-state index is 12.3. The zero-order valence-electron chi connectivity index (χ0n) is 14.1. The minimum atomic E-state index is -0.990. The van der Waals surface area contributed by atoms with E-state index in [2.05, 4.69) is 10.6 Å². The Kier molecular flexibility index (Phi) is 5.73. The normalized spacial score (nSPS) is 24.0. The molecule has 2 saturated carbocycles. The van der Waals surface area contributed by atoms with Crippen LogP contribution in [0.5, 0.6) is 0 Å². The summed E-state index contributed by atoms with van der Waals surface area (Å²) in [6, 6.07) is 1.66. The highest BCUT2D eigenvalue weighted by Crippen LogP contribution is 2.29. The molecule has 1 heterocycles. The van der Waals surface area contributed by atoms with Crippen LogP contribution in [0.25, 0.3) is 0 Å². The van der Waals surface area contributed by atoms with E-state index in [1.54, 1.807) is 0 Å². The molecule has 136 valence electrons. The quantitative estimate of drug-likeness (QED) is 0.747. The lowest BCUT2D eigenvalue weighted by Gasteiger charge is -2.29. The van der Waals surface area contributed by atoms with Crippen molar-refractivity contribution < 1.29 is 19.5 Å². The highest BCUT2D eigenvalue weighted by atomic mass is 32.1. The van der Waals surface area contributed by atoms with Gasteiger partial charge in [-0.25, -0.2) is 4.79 Å². The number of carboxylic acids is 1. The fraction of sp³-hybridized carbons (Fsp3) is 0.611. The number of hydrogen-bond acceptors (Lipinski definition) is 4. The van der Waals surface area contributed by atoms with E-state index in [-0.39, 0.29) is 35.3 Å². The molecule has 25 heavy (non-hydrogen) atoms. The summed E-state index contributed by atoms with van der Waals surface area (Å²) in [4.78, 5) is 35.4. The molecule has 7 heteroatoms. The Balaban J connectivity index is 1.44. The minimum Gasteiger partial charge on any atom is -0.478 e. The molecule has 2 amide bonds. The molecule has 2 aliphatic rings. The lowest BCUT2D eigenvalue weighted by atomic mass is 9.85. The van der Waals surface area contributed by atoms with Crippen LogP contribution in [0.2, 0.25) is 0 Å². The monoisotopic (exact) mass is 364 g/mol. The molecule has 1 aromatic heterocycles. The summed E-state index contributed by atoms with van der Waals surface area (Å²) < 4.78 is 0. The largest absolute Gasteiger partial charge is 0.478 e. The Morgan fingerprint density at radius 3 is 2.20 bits per heavy atom. The predicted molar refractivity (Wildman–Crippen MR) is 95.8 cm³/mol. The molecule has 0 radical (unpaired) electrons. The molecule has 1 aromatic rings. The van der Waals surface area contributed by atoms with Gasteiger partial charge in [-0.3, -0.25) is 9.59 Å². The molecule has 0 aromatic carbocycles. The van der Waals surface area contributed by atoms with E-state index in [4.69, 9.17) is 5.11 Å². The van der Waals surface area contributed by atoms with Crippen molar-refractivity contribution in [3.63, 3.8) is 0 Å². The molecule has 2 aliphatic carbocycles. The van der Waals surface area contributed by atoms with Crippen molar-refractivity contribution in [2.45, 2.75) is 57.4 Å². The van der Waals surface area contributed by atoms with Crippen molar-refractivity contribution in [2.75, 3.05) is 5.32 Å². The number of carbonyl (C=O) groups is 3. The first-order chi connectivity index (χ1) is 12.0. The Labute approximate surface area is 151 Å². The standard InChI is InChI=1S/C18H24N2O4S/c21-16(11-3-1-2-4-11)19-14-7-5-12(6-8-14)17(22)20-15-9-13(10-25-15)18(23)24/h9-12,14H,1-8H2,(H,19,21)(H,20,22)(H,23,24). The summed E-state index contributed by atoms with van der Waals surface area (Å²) in [7, 11) is 0. The third kappa shape index (κ3) is 4.60. The summed E-state index contributed by atoms with van der Waals surface area (Å²) in [5.41, 5.74) is 0.193. The second kappa shape index (κ2) is 7.99. The molecule has 0 bridgehead atoms. The van der Waals surface area contributed by atoms with Crippen LogP contribution in [0.4, 0.5) is 5.00 Å². The Morgan fingerprint density at radius 1 is 0.960 bits per heavy atom. The second-order valence-corrected chi connectivity index (χ2v) is 7.94. The summed E-state index contributed by atoms with van der Waals surface area (Å²) >= 11 is 1.22. The first-order valence-electron chi connectivity index (χ1n) is 8.96. The number of rotatable bonds is 5. The number of carbonyl (C=O) groups excluding carboxylic acids is 2. The molecular weight excluding hydrogens is 340 g/mol. The molecule has 2 fully saturated rings. The zero-order valence-corrected chi connectivity index (χ0v) is 14.9. The number of anilines is 1. The van der Waals surface area contributed by atoms with Gasteiger partial charge in [-0.2, -0.15) is 0 Å². The van der Waals surface area contributed by atoms with Gasteiger partial charge in [0.1, 0.15) is 0 Å². The van der Waals surface area contributed by atoms with Gasteiger partial charge in [-0.05, 0) is 44.6 Å². The van der Waals surface area contributed by atoms with Crippen molar-refractivity contribution in [1.29, 1.82) is 0 Å². The van der Waals surface area contributed by atoms with E-state index in [1.165, 1.54) is 22.8 Å². The highest BCUT2D eigenvalue weighted by molar-refractivity contribution is 7.14. The fourth-order valence-corrected chi connectivity index (χ4v) is 4.52. The number of hydrogen-bond donors (Lipinski definition) is 3. The van der Waals surface area contributed by atoms with Gasteiger partial charge < -0.3 is 15.7 Å². The topological polar surface area (TPSA) is 95.5 Å². The Morgan fingerprint density at radius 2 is 1.60 bits per heavy atom. The third-order valence-corrected chi connectivity index (χ3v) is 6.11. The van der Waals surface area contributed by atoms with E-state index in [9.17, 15) is 14.4 Å². The smallest absolute Gasteiger partial charge is 0.336 e. The van der Waals surface area contributed by atoms with Gasteiger partial charge in [-0.15, -0.1) is 11.3 Å². The van der Waals surface area contributed by atoms with Crippen LogP contribution in [-0.4, -0.2) is 28.9 Å². The molecule has 3 rings (SSSR count). The first-order valence-corrected chi connectivity index (χ1v) is 9.84. The van der Waals surface area contributed by atoms with Crippen LogP contribution in [0.15, 0.2) is 11.4 Å². The highest BCUT2D eigenvalue weighted by Gasteiger charge is 2.30. The van der Waals surface area contributed by atoms with E-state index in [0.717, 1.165) is 51.4 Å². The summed E-state index contributed by atoms with van der Waals surface area (Å²) in [6.07, 6.45) is 7.44. The van der Waals surface area contributed by atoms with Gasteiger partial charge in [0.25, 0.3) is 0 Å². The van der Waals surface area contributed by atoms with Crippen LogP contribution in [0.1, 0.15) is 61.7 Å². The summed E-state index contributed by atoms with van der Waals surface area (Å²) in [6.45, 7) is 0. The van der Waals surface area contributed by atoms with Crippen molar-refractivity contribution in [2.24, 2.45) is 11.8 Å². The van der Waals surface area contributed by atoms with E-state index >= 15 is 0 Å². The molecule has 0 aliphatic heterocycles. The van der Waals surface area contributed by atoms with E-state index in [0.29, 0.717) is 5.00 Å². The van der Waals surface area contributed by atoms with Crippen molar-refractivity contribution >= 4 is 34.1 Å². The SMILES string of the molecule is O=C(O)c1csc(NC(=O)C2CCC(NC(=O)C3CCCC3)CC2)c1. The minimum absolute atomic E-state index is 0.0561. The van der Waals surface area contributed by atoms with Crippen molar-refractivity contribution in [1.82, 2.24) is 5.32 Å². The lowest BCUT2D eigenvalue weighted by Crippen LogP contribution is -2.41. The first kappa shape index (κ1) is 17.9. The van der Waals surface area contributed by atoms with Crippen molar-refractivity contribution in [3.05, 3.63) is 17.0 Å². The third-order valence-electron chi connectivity index (χ3n) is 5.26. The Bertz CT molecular complexity index is 643. The molecule has 0 spiro atoms. The van der Waals surface area contributed by atoms with Gasteiger partial charge in [0.15, 0.2) is 0 Å². The lowest BCUT2D eigenvalue weighted by molar-refractivity contribution is -0.125. The molecule has 0 saturated heterocycles. The summed E-state index contributed by atoms with van der Waals surface area (Å²) in [5, 5.41) is 17.0. The van der Waals surface area contributed by atoms with Crippen LogP contribution < -0.4 is 10.6 Å². The fourth-order valence-electron chi connectivity index (χ4n) is 3.74. The van der Waals surface area contributed by atoms with Crippen LogP contribution in [-0.2, 0) is 9.59 Å². The molecule has 6 nitrogen and oxygen atoms in total. The van der Waals surface area contributed by atoms with E-state index in [1.807, 2.05) is 0 Å². The number of thiophene rings is 1. The molecule has 3 N–H and O–H groups in total. The number of nitrogens with one attached hydrogen (secondary N) is 2. The second-order valence-electron chi connectivity index (χ2n) is 7.03. The van der Waals surface area contributed by atoms with E-state index < -0.39 is 5.97 Å². The van der Waals surface area contributed by atoms with Crippen LogP contribution in [0.3, 0.4) is 0 Å². The zero-order chi connectivity index (χ0) is 17.8. The molecular formula is C18H24N2O4S. The van der Waals surface area contributed by atoms with Gasteiger partial charge in [0, 0.05) is 23.3 Å². The molecule has 0 atom stereocenters. The van der Waals surface area contributed by atoms with Crippen molar-refractivity contribution in [3.8, 4) is 0 Å². The number of aromatic carboxylic acids is 1. The molecule has 0 unspecified atom stereocenters. The number of amides is 2. The predicted octanol–water partition coefficient (Wildman–Crippen LogP) is 3.25. The van der Waals surface area contributed by atoms with Gasteiger partial charge in [0.2, 0.25) is 11.8 Å². The average Bonchev–Trinajstić information content (AvgIpc) is 3.27. The summed E-state index contributed by atoms with van der Waals surface area (Å²) in [5.74, 6) is -0.752. The van der Waals surface area contributed by atoms with Crippen LogP contribution >= 0.6 is 11.3 Å². The maximum atomic E-state index is 12.3. The van der Waals surface area contributed by atoms with Gasteiger partial charge in [0.05, 0.1) is 10.6 Å². The van der Waals surface area contributed by atoms with Crippen LogP contribution in [0, 0.1) is 11.8 Å². The Hall–Kier alpha value is -1.89. The van der Waals surface area contributed by atoms with Gasteiger partial charge in [-0.1, -0.05) is 12.8 Å². The van der Waals surface area contributed by atoms with Gasteiger partial charge >= 0.3 is 5.97 Å². The maximum Gasteiger partial charge on any atom is 0.336 e.